The van der Waals surface area contributed by atoms with Crippen molar-refractivity contribution in [2.24, 2.45) is 5.73 Å². The van der Waals surface area contributed by atoms with E-state index in [-0.39, 0.29) is 6.54 Å². The highest BCUT2D eigenvalue weighted by Crippen LogP contribution is 2.35. The van der Waals surface area contributed by atoms with E-state index in [1.54, 1.807) is 4.68 Å². The molecule has 1 aromatic heterocycles. The summed E-state index contributed by atoms with van der Waals surface area (Å²) < 4.78 is 1.62. The van der Waals surface area contributed by atoms with Gasteiger partial charge in [0.05, 0.1) is 12.7 Å². The number of carbonyl (C=O) groups is 1. The first-order chi connectivity index (χ1) is 7.16. The first-order valence-corrected chi connectivity index (χ1v) is 5.17. The maximum Gasteiger partial charge on any atom is 0.322 e. The molecular formula is C10H15N3O2. The first-order valence-electron chi connectivity index (χ1n) is 5.17. The molecule has 15 heavy (non-hydrogen) atoms. The van der Waals surface area contributed by atoms with E-state index in [0.29, 0.717) is 5.92 Å². The van der Waals surface area contributed by atoms with Crippen LogP contribution in [0.3, 0.4) is 0 Å². The van der Waals surface area contributed by atoms with Crippen LogP contribution in [0.1, 0.15) is 30.7 Å². The van der Waals surface area contributed by atoms with Crippen molar-refractivity contribution in [3.63, 3.8) is 0 Å². The molecule has 1 heterocycles. The molecule has 5 nitrogen and oxygen atoms in total. The van der Waals surface area contributed by atoms with Crippen LogP contribution < -0.4 is 5.73 Å². The quantitative estimate of drug-likeness (QED) is 0.759. The molecule has 1 aliphatic carbocycles. The largest absolute Gasteiger partial charge is 0.480 e. The smallest absolute Gasteiger partial charge is 0.322 e. The molecule has 5 heteroatoms. The van der Waals surface area contributed by atoms with Crippen molar-refractivity contribution in [2.75, 3.05) is 0 Å². The van der Waals surface area contributed by atoms with Gasteiger partial charge in [0.15, 0.2) is 0 Å². The van der Waals surface area contributed by atoms with E-state index in [2.05, 4.69) is 5.10 Å². The van der Waals surface area contributed by atoms with Crippen LogP contribution in [0.4, 0.5) is 0 Å². The summed E-state index contributed by atoms with van der Waals surface area (Å²) in [4.78, 5) is 10.5. The molecular weight excluding hydrogens is 194 g/mol. The van der Waals surface area contributed by atoms with Gasteiger partial charge in [-0.3, -0.25) is 9.48 Å². The third-order valence-electron chi connectivity index (χ3n) is 2.93. The van der Waals surface area contributed by atoms with Crippen molar-refractivity contribution >= 4 is 5.97 Å². The Bertz CT molecular complexity index is 357. The highest BCUT2D eigenvalue weighted by Gasteiger charge is 2.21. The Morgan fingerprint density at radius 3 is 3.00 bits per heavy atom. The van der Waals surface area contributed by atoms with Gasteiger partial charge in [0.1, 0.15) is 6.04 Å². The summed E-state index contributed by atoms with van der Waals surface area (Å²) in [7, 11) is 0. The summed E-state index contributed by atoms with van der Waals surface area (Å²) in [6.07, 6.45) is 7.45. The van der Waals surface area contributed by atoms with Gasteiger partial charge in [-0.2, -0.15) is 5.10 Å². The predicted molar refractivity (Wildman–Crippen MR) is 54.4 cm³/mol. The second-order valence-electron chi connectivity index (χ2n) is 4.07. The third kappa shape index (κ3) is 2.18. The fourth-order valence-electron chi connectivity index (χ4n) is 1.71. The SMILES string of the molecule is NC(Cn1cc(C2CCC2)cn1)C(=O)O. The molecule has 1 atom stereocenters. The molecule has 1 saturated carbocycles. The molecule has 0 aromatic carbocycles. The van der Waals surface area contributed by atoms with E-state index in [1.807, 2.05) is 12.4 Å². The predicted octanol–water partition coefficient (Wildman–Crippen LogP) is 0.562. The van der Waals surface area contributed by atoms with Crippen LogP contribution >= 0.6 is 0 Å². The van der Waals surface area contributed by atoms with Crippen molar-refractivity contribution in [1.82, 2.24) is 9.78 Å². The molecule has 0 bridgehead atoms. The van der Waals surface area contributed by atoms with E-state index in [1.165, 1.54) is 24.8 Å². The summed E-state index contributed by atoms with van der Waals surface area (Å²) in [5.41, 5.74) is 6.63. The Morgan fingerprint density at radius 1 is 1.73 bits per heavy atom. The maximum absolute atomic E-state index is 10.5. The highest BCUT2D eigenvalue weighted by atomic mass is 16.4. The zero-order valence-electron chi connectivity index (χ0n) is 8.47. The molecule has 0 radical (unpaired) electrons. The lowest BCUT2D eigenvalue weighted by atomic mass is 9.81. The molecule has 1 aromatic rings. The zero-order valence-corrected chi connectivity index (χ0v) is 8.47. The Hall–Kier alpha value is -1.36. The monoisotopic (exact) mass is 209 g/mol. The minimum atomic E-state index is -0.990. The van der Waals surface area contributed by atoms with Crippen LogP contribution in [-0.4, -0.2) is 26.9 Å². The van der Waals surface area contributed by atoms with Crippen molar-refractivity contribution in [1.29, 1.82) is 0 Å². The van der Waals surface area contributed by atoms with Gasteiger partial charge in [-0.1, -0.05) is 6.42 Å². The number of aromatic nitrogens is 2. The van der Waals surface area contributed by atoms with Crippen LogP contribution in [0.2, 0.25) is 0 Å². The van der Waals surface area contributed by atoms with E-state index >= 15 is 0 Å². The van der Waals surface area contributed by atoms with Crippen molar-refractivity contribution in [3.05, 3.63) is 18.0 Å². The van der Waals surface area contributed by atoms with Gasteiger partial charge in [-0.05, 0) is 24.3 Å². The minimum absolute atomic E-state index is 0.238. The number of rotatable bonds is 4. The second kappa shape index (κ2) is 4.02. The Morgan fingerprint density at radius 2 is 2.47 bits per heavy atom. The van der Waals surface area contributed by atoms with Gasteiger partial charge in [-0.25, -0.2) is 0 Å². The lowest BCUT2D eigenvalue weighted by molar-refractivity contribution is -0.138. The Kier molecular flexibility index (Phi) is 2.73. The number of nitrogens with zero attached hydrogens (tertiary/aromatic N) is 2. The number of hydrogen-bond acceptors (Lipinski definition) is 3. The molecule has 0 amide bonds. The van der Waals surface area contributed by atoms with E-state index in [9.17, 15) is 4.79 Å². The third-order valence-corrected chi connectivity index (χ3v) is 2.93. The average molecular weight is 209 g/mol. The van der Waals surface area contributed by atoms with Crippen molar-refractivity contribution in [2.45, 2.75) is 37.8 Å². The normalized spacial score (nSPS) is 18.5. The molecule has 1 fully saturated rings. The van der Waals surface area contributed by atoms with E-state index < -0.39 is 12.0 Å². The average Bonchev–Trinajstić information content (AvgIpc) is 2.49. The molecule has 0 aliphatic heterocycles. The second-order valence-corrected chi connectivity index (χ2v) is 4.07. The molecule has 82 valence electrons. The van der Waals surface area contributed by atoms with Crippen LogP contribution in [0, 0.1) is 0 Å². The summed E-state index contributed by atoms with van der Waals surface area (Å²) in [5.74, 6) is -0.365. The summed E-state index contributed by atoms with van der Waals surface area (Å²) in [6, 6.07) is -0.876. The molecule has 3 N–H and O–H groups in total. The van der Waals surface area contributed by atoms with Gasteiger partial charge >= 0.3 is 5.97 Å². The minimum Gasteiger partial charge on any atom is -0.480 e. The summed E-state index contributed by atoms with van der Waals surface area (Å²) in [6.45, 7) is 0.238. The molecule has 0 saturated heterocycles. The number of aliphatic carboxylic acids is 1. The van der Waals surface area contributed by atoms with Gasteiger partial charge in [0.25, 0.3) is 0 Å². The summed E-state index contributed by atoms with van der Waals surface area (Å²) in [5, 5.41) is 12.8. The lowest BCUT2D eigenvalue weighted by Crippen LogP contribution is -2.34. The van der Waals surface area contributed by atoms with Crippen LogP contribution in [0.15, 0.2) is 12.4 Å². The van der Waals surface area contributed by atoms with Crippen LogP contribution in [0.5, 0.6) is 0 Å². The summed E-state index contributed by atoms with van der Waals surface area (Å²) >= 11 is 0. The topological polar surface area (TPSA) is 81.1 Å². The number of nitrogens with two attached hydrogens (primary N) is 1. The number of carboxylic acid groups (broad SMARTS) is 1. The zero-order chi connectivity index (χ0) is 10.8. The molecule has 1 aliphatic rings. The van der Waals surface area contributed by atoms with Gasteiger partial charge in [-0.15, -0.1) is 0 Å². The van der Waals surface area contributed by atoms with Crippen molar-refractivity contribution < 1.29 is 9.90 Å². The fraction of sp³-hybridized carbons (Fsp3) is 0.600. The fourth-order valence-corrected chi connectivity index (χ4v) is 1.71. The van der Waals surface area contributed by atoms with Crippen LogP contribution in [-0.2, 0) is 11.3 Å². The number of hydrogen-bond donors (Lipinski definition) is 2. The van der Waals surface area contributed by atoms with Crippen LogP contribution in [0.25, 0.3) is 0 Å². The number of carboxylic acids is 1. The molecule has 1 unspecified atom stereocenters. The molecule has 2 rings (SSSR count). The van der Waals surface area contributed by atoms with Gasteiger partial charge in [0, 0.05) is 6.20 Å². The van der Waals surface area contributed by atoms with Gasteiger partial charge in [0.2, 0.25) is 0 Å². The van der Waals surface area contributed by atoms with E-state index in [4.69, 9.17) is 10.8 Å². The maximum atomic E-state index is 10.5. The van der Waals surface area contributed by atoms with Gasteiger partial charge < -0.3 is 10.8 Å². The Labute approximate surface area is 87.9 Å². The lowest BCUT2D eigenvalue weighted by Gasteiger charge is -2.23. The molecule has 0 spiro atoms. The first kappa shape index (κ1) is 10.2. The Balaban J connectivity index is 1.97. The highest BCUT2D eigenvalue weighted by molar-refractivity contribution is 5.72. The van der Waals surface area contributed by atoms with E-state index in [0.717, 1.165) is 0 Å². The standard InChI is InChI=1S/C10H15N3O2/c11-9(10(14)15)6-13-5-8(4-12-13)7-2-1-3-7/h4-5,7,9H,1-3,6,11H2,(H,14,15). The van der Waals surface area contributed by atoms with Crippen molar-refractivity contribution in [3.8, 4) is 0 Å².